The fraction of sp³-hybridized carbons (Fsp3) is 0.583. The molecule has 0 spiro atoms. The molecule has 2 rings (SSSR count). The standard InChI is InChI=1S/C12H16N2O3/c1-8-13-7-6-11(14-8)17-10-4-2-9(3-5-10)12(15)16/h6-7,9-10H,2-5H2,1H3,(H,15,16). The molecule has 0 unspecified atom stereocenters. The summed E-state index contributed by atoms with van der Waals surface area (Å²) in [6.45, 7) is 1.81. The zero-order chi connectivity index (χ0) is 12.3. The summed E-state index contributed by atoms with van der Waals surface area (Å²) in [6, 6.07) is 1.73. The Balaban J connectivity index is 1.88. The molecule has 0 saturated heterocycles. The molecule has 5 heteroatoms. The first-order valence-electron chi connectivity index (χ1n) is 5.84. The third-order valence-electron chi connectivity index (χ3n) is 3.06. The van der Waals surface area contributed by atoms with E-state index in [1.54, 1.807) is 12.3 Å². The van der Waals surface area contributed by atoms with Crippen LogP contribution in [-0.2, 0) is 4.79 Å². The van der Waals surface area contributed by atoms with Gasteiger partial charge in [0.25, 0.3) is 0 Å². The Morgan fingerprint density at radius 2 is 2.12 bits per heavy atom. The molecule has 0 bridgehead atoms. The molecular weight excluding hydrogens is 220 g/mol. The average Bonchev–Trinajstić information content (AvgIpc) is 2.29. The minimum atomic E-state index is -0.693. The maximum Gasteiger partial charge on any atom is 0.306 e. The van der Waals surface area contributed by atoms with Crippen molar-refractivity contribution in [1.29, 1.82) is 0 Å². The number of ether oxygens (including phenoxy) is 1. The van der Waals surface area contributed by atoms with Crippen LogP contribution in [-0.4, -0.2) is 27.1 Å². The highest BCUT2D eigenvalue weighted by molar-refractivity contribution is 5.70. The van der Waals surface area contributed by atoms with Crippen LogP contribution in [0, 0.1) is 12.8 Å². The van der Waals surface area contributed by atoms with Crippen molar-refractivity contribution in [3.8, 4) is 5.88 Å². The second-order valence-corrected chi connectivity index (χ2v) is 4.37. The Morgan fingerprint density at radius 1 is 1.41 bits per heavy atom. The number of nitrogens with zero attached hydrogens (tertiary/aromatic N) is 2. The number of aliphatic carboxylic acids is 1. The smallest absolute Gasteiger partial charge is 0.306 e. The molecule has 1 heterocycles. The SMILES string of the molecule is Cc1nccc(OC2CCC(C(=O)O)CC2)n1. The molecule has 1 N–H and O–H groups in total. The fourth-order valence-corrected chi connectivity index (χ4v) is 2.10. The van der Waals surface area contributed by atoms with Crippen molar-refractivity contribution in [2.24, 2.45) is 5.92 Å². The molecule has 1 aromatic heterocycles. The zero-order valence-electron chi connectivity index (χ0n) is 9.80. The van der Waals surface area contributed by atoms with Crippen LogP contribution in [0.1, 0.15) is 31.5 Å². The molecule has 1 aliphatic rings. The van der Waals surface area contributed by atoms with E-state index < -0.39 is 5.97 Å². The van der Waals surface area contributed by atoms with Crippen LogP contribution in [0.5, 0.6) is 5.88 Å². The summed E-state index contributed by atoms with van der Waals surface area (Å²) < 4.78 is 5.72. The van der Waals surface area contributed by atoms with Gasteiger partial charge in [-0.2, -0.15) is 4.98 Å². The van der Waals surface area contributed by atoms with Crippen LogP contribution in [0.3, 0.4) is 0 Å². The molecule has 1 aliphatic carbocycles. The van der Waals surface area contributed by atoms with Crippen LogP contribution in [0.25, 0.3) is 0 Å². The number of carbonyl (C=O) groups is 1. The molecule has 1 fully saturated rings. The number of rotatable bonds is 3. The minimum Gasteiger partial charge on any atom is -0.481 e. The number of hydrogen-bond acceptors (Lipinski definition) is 4. The maximum atomic E-state index is 10.8. The average molecular weight is 236 g/mol. The summed E-state index contributed by atoms with van der Waals surface area (Å²) in [5.41, 5.74) is 0. The summed E-state index contributed by atoms with van der Waals surface area (Å²) in [5, 5.41) is 8.89. The van der Waals surface area contributed by atoms with Gasteiger partial charge in [0.1, 0.15) is 11.9 Å². The van der Waals surface area contributed by atoms with Crippen LogP contribution in [0.2, 0.25) is 0 Å². The first-order chi connectivity index (χ1) is 8.15. The number of aryl methyl sites for hydroxylation is 1. The first-order valence-corrected chi connectivity index (χ1v) is 5.84. The monoisotopic (exact) mass is 236 g/mol. The van der Waals surface area contributed by atoms with Gasteiger partial charge in [0.2, 0.25) is 5.88 Å². The van der Waals surface area contributed by atoms with Gasteiger partial charge in [0.05, 0.1) is 5.92 Å². The van der Waals surface area contributed by atoms with E-state index in [2.05, 4.69) is 9.97 Å². The van der Waals surface area contributed by atoms with Crippen molar-refractivity contribution in [1.82, 2.24) is 9.97 Å². The largest absolute Gasteiger partial charge is 0.481 e. The molecule has 0 radical (unpaired) electrons. The maximum absolute atomic E-state index is 10.8. The van der Waals surface area contributed by atoms with Gasteiger partial charge in [0, 0.05) is 12.3 Å². The normalized spacial score (nSPS) is 24.3. The van der Waals surface area contributed by atoms with E-state index in [0.29, 0.717) is 24.5 Å². The van der Waals surface area contributed by atoms with E-state index in [4.69, 9.17) is 9.84 Å². The Hall–Kier alpha value is -1.65. The lowest BCUT2D eigenvalue weighted by Crippen LogP contribution is -2.28. The quantitative estimate of drug-likeness (QED) is 0.866. The topological polar surface area (TPSA) is 72.3 Å². The molecule has 17 heavy (non-hydrogen) atoms. The second kappa shape index (κ2) is 5.12. The van der Waals surface area contributed by atoms with Gasteiger partial charge in [-0.05, 0) is 32.6 Å². The summed E-state index contributed by atoms with van der Waals surface area (Å²) in [5.74, 6) is 0.362. The Labute approximate surface area is 99.9 Å². The lowest BCUT2D eigenvalue weighted by Gasteiger charge is -2.26. The van der Waals surface area contributed by atoms with Crippen molar-refractivity contribution in [3.05, 3.63) is 18.1 Å². The summed E-state index contributed by atoms with van der Waals surface area (Å²) >= 11 is 0. The van der Waals surface area contributed by atoms with E-state index >= 15 is 0 Å². The lowest BCUT2D eigenvalue weighted by atomic mass is 9.87. The number of hydrogen-bond donors (Lipinski definition) is 1. The molecule has 5 nitrogen and oxygen atoms in total. The molecule has 0 aliphatic heterocycles. The highest BCUT2D eigenvalue weighted by atomic mass is 16.5. The highest BCUT2D eigenvalue weighted by Crippen LogP contribution is 2.27. The van der Waals surface area contributed by atoms with Gasteiger partial charge in [-0.3, -0.25) is 4.79 Å². The predicted octanol–water partition coefficient (Wildman–Crippen LogP) is 1.81. The van der Waals surface area contributed by atoms with E-state index in [0.717, 1.165) is 12.8 Å². The van der Waals surface area contributed by atoms with E-state index in [9.17, 15) is 4.79 Å². The molecule has 0 amide bonds. The number of carboxylic acids is 1. The molecule has 1 aromatic rings. The Morgan fingerprint density at radius 3 is 2.71 bits per heavy atom. The van der Waals surface area contributed by atoms with E-state index in [1.807, 2.05) is 6.92 Å². The van der Waals surface area contributed by atoms with Gasteiger partial charge in [-0.15, -0.1) is 0 Å². The van der Waals surface area contributed by atoms with Crippen molar-refractivity contribution >= 4 is 5.97 Å². The van der Waals surface area contributed by atoms with Gasteiger partial charge in [-0.25, -0.2) is 4.98 Å². The molecule has 0 atom stereocenters. The third-order valence-corrected chi connectivity index (χ3v) is 3.06. The Bertz CT molecular complexity index is 400. The van der Waals surface area contributed by atoms with Gasteiger partial charge < -0.3 is 9.84 Å². The fourth-order valence-electron chi connectivity index (χ4n) is 2.10. The molecule has 0 aromatic carbocycles. The zero-order valence-corrected chi connectivity index (χ0v) is 9.80. The van der Waals surface area contributed by atoms with Gasteiger partial charge in [-0.1, -0.05) is 0 Å². The first kappa shape index (κ1) is 11.8. The van der Waals surface area contributed by atoms with E-state index in [-0.39, 0.29) is 12.0 Å². The number of aromatic nitrogens is 2. The Kier molecular flexibility index (Phi) is 3.56. The second-order valence-electron chi connectivity index (χ2n) is 4.37. The van der Waals surface area contributed by atoms with Crippen LogP contribution in [0.4, 0.5) is 0 Å². The molecule has 1 saturated carbocycles. The van der Waals surface area contributed by atoms with Gasteiger partial charge >= 0.3 is 5.97 Å². The lowest BCUT2D eigenvalue weighted by molar-refractivity contribution is -0.143. The number of carboxylic acid groups (broad SMARTS) is 1. The summed E-state index contributed by atoms with van der Waals surface area (Å²) in [6.07, 6.45) is 4.68. The van der Waals surface area contributed by atoms with Crippen LogP contribution in [0.15, 0.2) is 12.3 Å². The van der Waals surface area contributed by atoms with Gasteiger partial charge in [0.15, 0.2) is 0 Å². The van der Waals surface area contributed by atoms with Crippen molar-refractivity contribution in [2.75, 3.05) is 0 Å². The predicted molar refractivity (Wildman–Crippen MR) is 60.8 cm³/mol. The van der Waals surface area contributed by atoms with E-state index in [1.165, 1.54) is 0 Å². The summed E-state index contributed by atoms with van der Waals surface area (Å²) in [7, 11) is 0. The highest BCUT2D eigenvalue weighted by Gasteiger charge is 2.27. The van der Waals surface area contributed by atoms with Crippen molar-refractivity contribution in [3.63, 3.8) is 0 Å². The minimum absolute atomic E-state index is 0.0832. The van der Waals surface area contributed by atoms with Crippen LogP contribution >= 0.6 is 0 Å². The van der Waals surface area contributed by atoms with Crippen LogP contribution < -0.4 is 4.74 Å². The van der Waals surface area contributed by atoms with Crippen molar-refractivity contribution < 1.29 is 14.6 Å². The third kappa shape index (κ3) is 3.15. The summed E-state index contributed by atoms with van der Waals surface area (Å²) in [4.78, 5) is 19.0. The van der Waals surface area contributed by atoms with Crippen molar-refractivity contribution in [2.45, 2.75) is 38.7 Å². The molecular formula is C12H16N2O3. The molecule has 92 valence electrons.